The van der Waals surface area contributed by atoms with Crippen molar-refractivity contribution in [3.63, 3.8) is 0 Å². The first-order valence-corrected chi connectivity index (χ1v) is 5.46. The number of rotatable bonds is 6. The number of aromatic nitrogens is 1. The molecule has 96 valence electrons. The normalized spacial score (nSPS) is 14.6. The molecule has 0 bridgehead atoms. The van der Waals surface area contributed by atoms with Gasteiger partial charge in [-0.3, -0.25) is 4.98 Å². The summed E-state index contributed by atoms with van der Waals surface area (Å²) >= 11 is 0. The molecule has 7 N–H and O–H groups in total. The highest BCUT2D eigenvalue weighted by Crippen LogP contribution is 2.22. The lowest BCUT2D eigenvalue weighted by atomic mass is 9.92. The molecule has 0 aliphatic carbocycles. The molecule has 0 amide bonds. The second-order valence-corrected chi connectivity index (χ2v) is 3.79. The summed E-state index contributed by atoms with van der Waals surface area (Å²) in [6, 6.07) is 3.46. The monoisotopic (exact) mass is 241 g/mol. The van der Waals surface area contributed by atoms with Gasteiger partial charge in [-0.2, -0.15) is 0 Å². The topological polar surface area (TPSA) is 126 Å². The molecular formula is C11H19N3O3. The SMILES string of the molecule is NCc1ccc(C(CO)C(O)CO)c(CN)n1. The second kappa shape index (κ2) is 6.63. The molecule has 0 aliphatic heterocycles. The molecule has 0 saturated heterocycles. The molecule has 0 fully saturated rings. The molecule has 0 aromatic carbocycles. The Morgan fingerprint density at radius 1 is 1.12 bits per heavy atom. The number of hydrogen-bond acceptors (Lipinski definition) is 6. The average molecular weight is 241 g/mol. The molecular weight excluding hydrogens is 222 g/mol. The standard InChI is InChI=1S/C11H19N3O3/c12-3-7-1-2-8(10(4-13)14-7)9(5-15)11(17)6-16/h1-2,9,11,15-17H,3-6,12-13H2. The van der Waals surface area contributed by atoms with Crippen molar-refractivity contribution in [1.82, 2.24) is 4.98 Å². The van der Waals surface area contributed by atoms with Gasteiger partial charge in [-0.1, -0.05) is 6.07 Å². The maximum Gasteiger partial charge on any atom is 0.0861 e. The van der Waals surface area contributed by atoms with Crippen molar-refractivity contribution >= 4 is 0 Å². The fourth-order valence-corrected chi connectivity index (χ4v) is 1.73. The first kappa shape index (κ1) is 14.0. The van der Waals surface area contributed by atoms with E-state index in [0.717, 1.165) is 0 Å². The maximum absolute atomic E-state index is 9.61. The van der Waals surface area contributed by atoms with Gasteiger partial charge in [0.25, 0.3) is 0 Å². The van der Waals surface area contributed by atoms with Gasteiger partial charge in [0.1, 0.15) is 0 Å². The lowest BCUT2D eigenvalue weighted by Gasteiger charge is -2.21. The van der Waals surface area contributed by atoms with Crippen molar-refractivity contribution in [2.24, 2.45) is 11.5 Å². The zero-order valence-corrected chi connectivity index (χ0v) is 9.58. The Bertz CT molecular complexity index is 360. The maximum atomic E-state index is 9.61. The van der Waals surface area contributed by atoms with Crippen molar-refractivity contribution in [2.75, 3.05) is 13.2 Å². The smallest absolute Gasteiger partial charge is 0.0861 e. The van der Waals surface area contributed by atoms with Crippen LogP contribution in [-0.4, -0.2) is 39.6 Å². The second-order valence-electron chi connectivity index (χ2n) is 3.79. The molecule has 2 atom stereocenters. The number of nitrogens with two attached hydrogens (primary N) is 2. The third kappa shape index (κ3) is 3.21. The Morgan fingerprint density at radius 3 is 2.29 bits per heavy atom. The third-order valence-corrected chi connectivity index (χ3v) is 2.72. The van der Waals surface area contributed by atoms with Crippen LogP contribution in [0.1, 0.15) is 22.9 Å². The summed E-state index contributed by atoms with van der Waals surface area (Å²) in [5.41, 5.74) is 13.0. The number of pyridine rings is 1. The fraction of sp³-hybridized carbons (Fsp3) is 0.545. The van der Waals surface area contributed by atoms with Crippen LogP contribution >= 0.6 is 0 Å². The van der Waals surface area contributed by atoms with Gasteiger partial charge in [0.2, 0.25) is 0 Å². The van der Waals surface area contributed by atoms with E-state index in [2.05, 4.69) is 4.98 Å². The van der Waals surface area contributed by atoms with Crippen LogP contribution in [0.4, 0.5) is 0 Å². The van der Waals surface area contributed by atoms with Crippen molar-refractivity contribution in [3.05, 3.63) is 29.1 Å². The van der Waals surface area contributed by atoms with Crippen molar-refractivity contribution < 1.29 is 15.3 Å². The van der Waals surface area contributed by atoms with E-state index >= 15 is 0 Å². The fourth-order valence-electron chi connectivity index (χ4n) is 1.73. The molecule has 0 saturated carbocycles. The molecule has 1 rings (SSSR count). The number of nitrogens with zero attached hydrogens (tertiary/aromatic N) is 1. The number of aliphatic hydroxyl groups is 3. The van der Waals surface area contributed by atoms with E-state index in [1.165, 1.54) is 0 Å². The molecule has 6 nitrogen and oxygen atoms in total. The summed E-state index contributed by atoms with van der Waals surface area (Å²) in [6.45, 7) is -0.205. The predicted molar refractivity (Wildman–Crippen MR) is 62.9 cm³/mol. The Balaban J connectivity index is 3.10. The van der Waals surface area contributed by atoms with Crippen LogP contribution in [-0.2, 0) is 13.1 Å². The summed E-state index contributed by atoms with van der Waals surface area (Å²) in [6.07, 6.45) is -1.03. The van der Waals surface area contributed by atoms with E-state index in [4.69, 9.17) is 16.6 Å². The van der Waals surface area contributed by atoms with Crippen LogP contribution in [0.3, 0.4) is 0 Å². The first-order valence-electron chi connectivity index (χ1n) is 5.46. The van der Waals surface area contributed by atoms with Gasteiger partial charge >= 0.3 is 0 Å². The van der Waals surface area contributed by atoms with Crippen molar-refractivity contribution in [2.45, 2.75) is 25.1 Å². The zero-order chi connectivity index (χ0) is 12.8. The average Bonchev–Trinajstić information content (AvgIpc) is 2.39. The van der Waals surface area contributed by atoms with E-state index in [0.29, 0.717) is 23.5 Å². The summed E-state index contributed by atoms with van der Waals surface area (Å²) in [7, 11) is 0. The van der Waals surface area contributed by atoms with Crippen LogP contribution in [0.25, 0.3) is 0 Å². The lowest BCUT2D eigenvalue weighted by molar-refractivity contribution is 0.0522. The van der Waals surface area contributed by atoms with Crippen LogP contribution in [0.5, 0.6) is 0 Å². The van der Waals surface area contributed by atoms with Gasteiger partial charge in [0.15, 0.2) is 0 Å². The summed E-state index contributed by atoms with van der Waals surface area (Å²) < 4.78 is 0. The molecule has 1 aromatic rings. The van der Waals surface area contributed by atoms with E-state index in [1.54, 1.807) is 12.1 Å². The van der Waals surface area contributed by atoms with Crippen LogP contribution in [0.15, 0.2) is 12.1 Å². The van der Waals surface area contributed by atoms with Crippen LogP contribution in [0, 0.1) is 0 Å². The molecule has 0 aliphatic rings. The largest absolute Gasteiger partial charge is 0.396 e. The number of aliphatic hydroxyl groups excluding tert-OH is 3. The van der Waals surface area contributed by atoms with Gasteiger partial charge in [-0.15, -0.1) is 0 Å². The van der Waals surface area contributed by atoms with E-state index in [9.17, 15) is 10.2 Å². The molecule has 17 heavy (non-hydrogen) atoms. The molecule has 6 heteroatoms. The quantitative estimate of drug-likeness (QED) is 0.409. The van der Waals surface area contributed by atoms with Gasteiger partial charge < -0.3 is 26.8 Å². The third-order valence-electron chi connectivity index (χ3n) is 2.72. The minimum absolute atomic E-state index is 0.192. The highest BCUT2D eigenvalue weighted by molar-refractivity contribution is 5.28. The highest BCUT2D eigenvalue weighted by Gasteiger charge is 2.22. The van der Waals surface area contributed by atoms with E-state index < -0.39 is 18.6 Å². The predicted octanol–water partition coefficient (Wildman–Crippen LogP) is -1.57. The lowest BCUT2D eigenvalue weighted by Crippen LogP contribution is -2.27. The summed E-state index contributed by atoms with van der Waals surface area (Å²) in [5, 5.41) is 27.8. The van der Waals surface area contributed by atoms with E-state index in [-0.39, 0.29) is 13.2 Å². The first-order chi connectivity index (χ1) is 8.17. The van der Waals surface area contributed by atoms with Crippen molar-refractivity contribution in [1.29, 1.82) is 0 Å². The zero-order valence-electron chi connectivity index (χ0n) is 9.58. The van der Waals surface area contributed by atoms with Crippen LogP contribution < -0.4 is 11.5 Å². The molecule has 1 aromatic heterocycles. The summed E-state index contributed by atoms with van der Waals surface area (Å²) in [4.78, 5) is 4.24. The van der Waals surface area contributed by atoms with Crippen molar-refractivity contribution in [3.8, 4) is 0 Å². The van der Waals surface area contributed by atoms with Gasteiger partial charge in [-0.25, -0.2) is 0 Å². The van der Waals surface area contributed by atoms with Gasteiger partial charge in [0.05, 0.1) is 30.7 Å². The molecule has 2 unspecified atom stereocenters. The highest BCUT2D eigenvalue weighted by atomic mass is 16.3. The minimum atomic E-state index is -1.03. The molecule has 0 spiro atoms. The van der Waals surface area contributed by atoms with Crippen LogP contribution in [0.2, 0.25) is 0 Å². The Hall–Kier alpha value is -1.05. The Labute approximate surface area is 99.9 Å². The molecule has 0 radical (unpaired) electrons. The Morgan fingerprint density at radius 2 is 1.82 bits per heavy atom. The number of hydrogen-bond donors (Lipinski definition) is 5. The van der Waals surface area contributed by atoms with Gasteiger partial charge in [-0.05, 0) is 11.6 Å². The summed E-state index contributed by atoms with van der Waals surface area (Å²) in [5.74, 6) is -0.585. The van der Waals surface area contributed by atoms with E-state index in [1.807, 2.05) is 0 Å². The van der Waals surface area contributed by atoms with Gasteiger partial charge in [0, 0.05) is 19.0 Å². The Kier molecular flexibility index (Phi) is 5.46. The minimum Gasteiger partial charge on any atom is -0.396 e. The molecule has 1 heterocycles.